The lowest BCUT2D eigenvalue weighted by molar-refractivity contribution is -0.139. The van der Waals surface area contributed by atoms with Gasteiger partial charge in [0, 0.05) is 5.92 Å². The number of aliphatic hydroxyl groups is 1. The maximum absolute atomic E-state index is 13.3. The van der Waals surface area contributed by atoms with Crippen molar-refractivity contribution in [3.8, 4) is 5.75 Å². The summed E-state index contributed by atoms with van der Waals surface area (Å²) < 4.78 is 16.5. The molecule has 1 fully saturated rings. The van der Waals surface area contributed by atoms with Gasteiger partial charge in [0.2, 0.25) is 5.91 Å². The van der Waals surface area contributed by atoms with Gasteiger partial charge in [-0.05, 0) is 36.1 Å². The molecule has 34 heavy (non-hydrogen) atoms. The number of ether oxygens (including phenoxy) is 3. The third-order valence-electron chi connectivity index (χ3n) is 6.57. The molecular weight excluding hydrogens is 434 g/mol. The number of hydrogen-bond acceptors (Lipinski definition) is 6. The highest BCUT2D eigenvalue weighted by molar-refractivity contribution is 5.95. The molecule has 2 aromatic rings. The summed E-state index contributed by atoms with van der Waals surface area (Å²) >= 11 is 0. The molecule has 1 heterocycles. The molecule has 1 aliphatic rings. The molecule has 0 spiro atoms. The van der Waals surface area contributed by atoms with Crippen molar-refractivity contribution in [2.45, 2.75) is 58.5 Å². The lowest BCUT2D eigenvalue weighted by atomic mass is 9.87. The van der Waals surface area contributed by atoms with E-state index in [0.29, 0.717) is 19.4 Å². The molecule has 0 saturated carbocycles. The van der Waals surface area contributed by atoms with Gasteiger partial charge >= 0.3 is 6.09 Å². The summed E-state index contributed by atoms with van der Waals surface area (Å²) in [6.45, 7) is 6.06. The van der Waals surface area contributed by atoms with Crippen LogP contribution < -0.4 is 4.74 Å². The van der Waals surface area contributed by atoms with E-state index >= 15 is 0 Å². The molecule has 1 N–H and O–H groups in total. The molecule has 0 aliphatic carbocycles. The Morgan fingerprint density at radius 3 is 2.41 bits per heavy atom. The molecule has 7 nitrogen and oxygen atoms in total. The first kappa shape index (κ1) is 25.7. The van der Waals surface area contributed by atoms with Gasteiger partial charge in [0.25, 0.3) is 0 Å². The Balaban J connectivity index is 1.62. The van der Waals surface area contributed by atoms with E-state index in [2.05, 4.69) is 0 Å². The number of hydrogen-bond donors (Lipinski definition) is 1. The van der Waals surface area contributed by atoms with E-state index in [9.17, 15) is 14.7 Å². The third kappa shape index (κ3) is 6.15. The number of benzene rings is 2. The average molecular weight is 470 g/mol. The Hall–Kier alpha value is -2.90. The topological polar surface area (TPSA) is 85.3 Å². The fourth-order valence-electron chi connectivity index (χ4n) is 4.37. The number of methoxy groups -OCH3 is 1. The standard InChI is InChI=1S/C27H35NO6/c1-5-24(33-16-21-11-13-23(32-4)14-12-21)18(2)25(29)19(3)26(30)28-22(17-34-27(28)31)15-20-9-7-6-8-10-20/h6-14,18-19,22,24-25,29H,5,15-17H2,1-4H3/t18-,19-,22-,24+,25+/m0/s1. The first-order valence-corrected chi connectivity index (χ1v) is 11.8. The van der Waals surface area contributed by atoms with Crippen LogP contribution >= 0.6 is 0 Å². The molecule has 1 saturated heterocycles. The number of carbonyl (C=O) groups is 2. The second-order valence-corrected chi connectivity index (χ2v) is 8.87. The van der Waals surface area contributed by atoms with E-state index < -0.39 is 24.0 Å². The highest BCUT2D eigenvalue weighted by Crippen LogP contribution is 2.27. The largest absolute Gasteiger partial charge is 0.497 e. The SMILES string of the molecule is CC[C@@H](OCc1ccc(OC)cc1)[C@H](C)[C@@H](O)[C@H](C)C(=O)N1C(=O)OC[C@@H]1Cc1ccccc1. The predicted octanol–water partition coefficient (Wildman–Crippen LogP) is 4.21. The monoisotopic (exact) mass is 469 g/mol. The van der Waals surface area contributed by atoms with E-state index in [4.69, 9.17) is 14.2 Å². The fourth-order valence-corrected chi connectivity index (χ4v) is 4.37. The highest BCUT2D eigenvalue weighted by Gasteiger charge is 2.42. The van der Waals surface area contributed by atoms with Gasteiger partial charge in [-0.15, -0.1) is 0 Å². The Morgan fingerprint density at radius 1 is 1.12 bits per heavy atom. The van der Waals surface area contributed by atoms with Crippen LogP contribution in [-0.4, -0.2) is 54.0 Å². The van der Waals surface area contributed by atoms with E-state index in [1.165, 1.54) is 4.90 Å². The van der Waals surface area contributed by atoms with Crippen LogP contribution in [0.15, 0.2) is 54.6 Å². The van der Waals surface area contributed by atoms with Crippen molar-refractivity contribution in [2.75, 3.05) is 13.7 Å². The van der Waals surface area contributed by atoms with Gasteiger partial charge in [-0.25, -0.2) is 9.69 Å². The molecule has 2 amide bonds. The number of cyclic esters (lactones) is 1. The number of aliphatic hydroxyl groups excluding tert-OH is 1. The molecule has 2 aromatic carbocycles. The zero-order valence-corrected chi connectivity index (χ0v) is 20.3. The molecule has 184 valence electrons. The normalized spacial score (nSPS) is 19.3. The van der Waals surface area contributed by atoms with Crippen LogP contribution in [0.1, 0.15) is 38.3 Å². The van der Waals surface area contributed by atoms with E-state index in [1.54, 1.807) is 14.0 Å². The summed E-state index contributed by atoms with van der Waals surface area (Å²) in [5, 5.41) is 11.1. The lowest BCUT2D eigenvalue weighted by Crippen LogP contribution is -2.48. The molecule has 1 aliphatic heterocycles. The van der Waals surface area contributed by atoms with Gasteiger partial charge in [0.05, 0.1) is 37.9 Å². The number of imide groups is 1. The van der Waals surface area contributed by atoms with Gasteiger partial charge in [0.1, 0.15) is 12.4 Å². The molecule has 3 rings (SSSR count). The summed E-state index contributed by atoms with van der Waals surface area (Å²) in [5.41, 5.74) is 2.01. The second kappa shape index (κ2) is 12.0. The minimum Gasteiger partial charge on any atom is -0.497 e. The van der Waals surface area contributed by atoms with Crippen molar-refractivity contribution in [1.29, 1.82) is 0 Å². The quantitative estimate of drug-likeness (QED) is 0.531. The maximum atomic E-state index is 13.3. The van der Waals surface area contributed by atoms with Crippen LogP contribution in [0.2, 0.25) is 0 Å². The summed E-state index contributed by atoms with van der Waals surface area (Å²) in [6.07, 6.45) is -0.686. The minimum atomic E-state index is -0.973. The van der Waals surface area contributed by atoms with Gasteiger partial charge in [-0.1, -0.05) is 63.2 Å². The van der Waals surface area contributed by atoms with Crippen molar-refractivity contribution in [2.24, 2.45) is 11.8 Å². The van der Waals surface area contributed by atoms with Gasteiger partial charge in [0.15, 0.2) is 0 Å². The molecule has 5 atom stereocenters. The third-order valence-corrected chi connectivity index (χ3v) is 6.57. The van der Waals surface area contributed by atoms with Crippen molar-refractivity contribution >= 4 is 12.0 Å². The van der Waals surface area contributed by atoms with Crippen LogP contribution in [0.4, 0.5) is 4.79 Å². The van der Waals surface area contributed by atoms with Crippen LogP contribution in [-0.2, 0) is 27.3 Å². The number of nitrogens with zero attached hydrogens (tertiary/aromatic N) is 1. The van der Waals surface area contributed by atoms with E-state index in [-0.39, 0.29) is 24.7 Å². The molecule has 0 unspecified atom stereocenters. The fraction of sp³-hybridized carbons (Fsp3) is 0.481. The Morgan fingerprint density at radius 2 is 1.79 bits per heavy atom. The smallest absolute Gasteiger partial charge is 0.416 e. The molecule has 0 aromatic heterocycles. The van der Waals surface area contributed by atoms with Crippen LogP contribution in [0.3, 0.4) is 0 Å². The molecule has 0 bridgehead atoms. The lowest BCUT2D eigenvalue weighted by Gasteiger charge is -2.32. The van der Waals surface area contributed by atoms with Crippen LogP contribution in [0.25, 0.3) is 0 Å². The number of carbonyl (C=O) groups excluding carboxylic acids is 2. The molecule has 7 heteroatoms. The predicted molar refractivity (Wildman–Crippen MR) is 128 cm³/mol. The number of amides is 2. The van der Waals surface area contributed by atoms with Crippen molar-refractivity contribution in [3.05, 3.63) is 65.7 Å². The first-order valence-electron chi connectivity index (χ1n) is 11.8. The summed E-state index contributed by atoms with van der Waals surface area (Å²) in [6, 6.07) is 16.9. The Bertz CT molecular complexity index is 932. The highest BCUT2D eigenvalue weighted by atomic mass is 16.6. The van der Waals surface area contributed by atoms with Crippen LogP contribution in [0, 0.1) is 11.8 Å². The van der Waals surface area contributed by atoms with Gasteiger partial charge < -0.3 is 19.3 Å². The van der Waals surface area contributed by atoms with Crippen molar-refractivity contribution in [1.82, 2.24) is 4.90 Å². The van der Waals surface area contributed by atoms with E-state index in [0.717, 1.165) is 16.9 Å². The second-order valence-electron chi connectivity index (χ2n) is 8.87. The zero-order chi connectivity index (χ0) is 24.7. The number of rotatable bonds is 11. The van der Waals surface area contributed by atoms with E-state index in [1.807, 2.05) is 68.4 Å². The van der Waals surface area contributed by atoms with Gasteiger partial charge in [-0.3, -0.25) is 4.79 Å². The summed E-state index contributed by atoms with van der Waals surface area (Å²) in [7, 11) is 1.62. The average Bonchev–Trinajstić information content (AvgIpc) is 3.23. The minimum absolute atomic E-state index is 0.153. The Labute approximate surface area is 201 Å². The summed E-state index contributed by atoms with van der Waals surface area (Å²) in [5.74, 6) is -0.739. The maximum Gasteiger partial charge on any atom is 0.416 e. The first-order chi connectivity index (χ1) is 16.3. The molecule has 0 radical (unpaired) electrons. The zero-order valence-electron chi connectivity index (χ0n) is 20.3. The van der Waals surface area contributed by atoms with Gasteiger partial charge in [-0.2, -0.15) is 0 Å². The summed E-state index contributed by atoms with van der Waals surface area (Å²) in [4.78, 5) is 26.8. The van der Waals surface area contributed by atoms with Crippen molar-refractivity contribution < 1.29 is 28.9 Å². The Kier molecular flexibility index (Phi) is 9.07. The molecular formula is C27H35NO6. The van der Waals surface area contributed by atoms with Crippen LogP contribution in [0.5, 0.6) is 5.75 Å². The van der Waals surface area contributed by atoms with Crippen molar-refractivity contribution in [3.63, 3.8) is 0 Å².